The van der Waals surface area contributed by atoms with Crippen molar-refractivity contribution in [2.75, 3.05) is 23.3 Å². The van der Waals surface area contributed by atoms with E-state index in [1.165, 1.54) is 44.4 Å². The third-order valence-electron chi connectivity index (χ3n) is 3.56. The van der Waals surface area contributed by atoms with Crippen LogP contribution in [0.2, 0.25) is 0 Å². The zero-order chi connectivity index (χ0) is 20.0. The quantitative estimate of drug-likeness (QED) is 0.364. The lowest BCUT2D eigenvalue weighted by atomic mass is 10.3. The van der Waals surface area contributed by atoms with E-state index in [1.54, 1.807) is 18.2 Å². The van der Waals surface area contributed by atoms with E-state index in [4.69, 9.17) is 10.6 Å². The summed E-state index contributed by atoms with van der Waals surface area (Å²) < 4.78 is 32.4. The van der Waals surface area contributed by atoms with Crippen molar-refractivity contribution in [1.82, 2.24) is 5.43 Å². The van der Waals surface area contributed by atoms with Gasteiger partial charge in [0.25, 0.3) is 15.9 Å². The molecular weight excluding hydrogens is 372 g/mol. The Kier molecular flexibility index (Phi) is 6.37. The molecule has 27 heavy (non-hydrogen) atoms. The average Bonchev–Trinajstić information content (AvgIpc) is 2.65. The van der Waals surface area contributed by atoms with Gasteiger partial charge < -0.3 is 10.1 Å². The molecule has 9 nitrogen and oxygen atoms in total. The van der Waals surface area contributed by atoms with Crippen molar-refractivity contribution in [2.24, 2.45) is 5.84 Å². The Labute approximate surface area is 157 Å². The molecule has 0 heterocycles. The largest absolute Gasteiger partial charge is 0.495 e. The molecule has 144 valence electrons. The number of carbonyl (C=O) groups excluding carboxylic acids is 2. The van der Waals surface area contributed by atoms with E-state index in [-0.39, 0.29) is 22.2 Å². The Morgan fingerprint density at radius 1 is 1.11 bits per heavy atom. The van der Waals surface area contributed by atoms with Gasteiger partial charge in [0, 0.05) is 12.6 Å². The van der Waals surface area contributed by atoms with Gasteiger partial charge in [-0.3, -0.25) is 19.3 Å². The van der Waals surface area contributed by atoms with Crippen LogP contribution < -0.4 is 25.6 Å². The molecule has 0 unspecified atom stereocenters. The predicted molar refractivity (Wildman–Crippen MR) is 101 cm³/mol. The smallest absolute Gasteiger partial charge is 0.264 e. The van der Waals surface area contributed by atoms with E-state index >= 15 is 0 Å². The monoisotopic (exact) mass is 392 g/mol. The van der Waals surface area contributed by atoms with Crippen LogP contribution in [0.1, 0.15) is 6.92 Å². The van der Waals surface area contributed by atoms with Crippen molar-refractivity contribution in [2.45, 2.75) is 11.8 Å². The van der Waals surface area contributed by atoms with Gasteiger partial charge >= 0.3 is 0 Å². The third-order valence-corrected chi connectivity index (χ3v) is 5.34. The van der Waals surface area contributed by atoms with Crippen LogP contribution >= 0.6 is 0 Å². The van der Waals surface area contributed by atoms with E-state index in [0.29, 0.717) is 5.69 Å². The maximum atomic E-state index is 13.1. The molecule has 4 N–H and O–H groups in total. The first-order valence-corrected chi connectivity index (χ1v) is 9.26. The van der Waals surface area contributed by atoms with Crippen LogP contribution in [0.15, 0.2) is 53.4 Å². The van der Waals surface area contributed by atoms with Crippen LogP contribution in [0.25, 0.3) is 0 Å². The topological polar surface area (TPSA) is 131 Å². The average molecular weight is 392 g/mol. The number of benzene rings is 2. The summed E-state index contributed by atoms with van der Waals surface area (Å²) in [5.41, 5.74) is 2.56. The van der Waals surface area contributed by atoms with Gasteiger partial charge in [-0.25, -0.2) is 14.3 Å². The highest BCUT2D eigenvalue weighted by molar-refractivity contribution is 7.92. The van der Waals surface area contributed by atoms with Crippen molar-refractivity contribution in [3.63, 3.8) is 0 Å². The normalized spacial score (nSPS) is 10.8. The summed E-state index contributed by atoms with van der Waals surface area (Å²) in [4.78, 5) is 22.9. The molecule has 10 heteroatoms. The molecule has 0 saturated carbocycles. The van der Waals surface area contributed by atoms with E-state index in [0.717, 1.165) is 4.31 Å². The molecule has 0 aromatic heterocycles. The van der Waals surface area contributed by atoms with Crippen LogP contribution in [0.3, 0.4) is 0 Å². The van der Waals surface area contributed by atoms with E-state index in [2.05, 4.69) is 5.32 Å². The van der Waals surface area contributed by atoms with Crippen LogP contribution in [-0.2, 0) is 19.6 Å². The number of carbonyl (C=O) groups is 2. The van der Waals surface area contributed by atoms with Gasteiger partial charge in [0.15, 0.2) is 0 Å². The lowest BCUT2D eigenvalue weighted by Gasteiger charge is -2.25. The van der Waals surface area contributed by atoms with Gasteiger partial charge in [-0.05, 0) is 36.4 Å². The van der Waals surface area contributed by atoms with Crippen molar-refractivity contribution in [1.29, 1.82) is 0 Å². The number of hydrazine groups is 1. The van der Waals surface area contributed by atoms with Crippen molar-refractivity contribution in [3.8, 4) is 5.75 Å². The minimum absolute atomic E-state index is 0.0627. The van der Waals surface area contributed by atoms with Crippen LogP contribution in [0, 0.1) is 0 Å². The number of sulfonamides is 1. The second kappa shape index (κ2) is 8.52. The number of rotatable bonds is 7. The summed E-state index contributed by atoms with van der Waals surface area (Å²) in [5.74, 6) is 4.43. The van der Waals surface area contributed by atoms with Gasteiger partial charge in [0.2, 0.25) is 5.91 Å². The van der Waals surface area contributed by atoms with E-state index in [9.17, 15) is 18.0 Å². The van der Waals surface area contributed by atoms with Crippen LogP contribution in [0.5, 0.6) is 5.75 Å². The number of methoxy groups -OCH3 is 1. The zero-order valence-corrected chi connectivity index (χ0v) is 15.6. The molecule has 2 amide bonds. The first-order valence-electron chi connectivity index (χ1n) is 7.82. The second-order valence-electron chi connectivity index (χ2n) is 5.46. The van der Waals surface area contributed by atoms with Crippen molar-refractivity contribution in [3.05, 3.63) is 48.5 Å². The highest BCUT2D eigenvalue weighted by Crippen LogP contribution is 2.32. The van der Waals surface area contributed by atoms with Gasteiger partial charge in [-0.2, -0.15) is 0 Å². The molecule has 0 aliphatic heterocycles. The predicted octanol–water partition coefficient (Wildman–Crippen LogP) is 0.839. The molecule has 0 radical (unpaired) electrons. The fourth-order valence-corrected chi connectivity index (χ4v) is 3.78. The Hall–Kier alpha value is -3.11. The van der Waals surface area contributed by atoms with Crippen molar-refractivity contribution < 1.29 is 22.7 Å². The second-order valence-corrected chi connectivity index (χ2v) is 7.32. The lowest BCUT2D eigenvalue weighted by Crippen LogP contribution is -2.43. The molecule has 0 bridgehead atoms. The van der Waals surface area contributed by atoms with E-state index in [1.807, 2.05) is 5.43 Å². The first-order chi connectivity index (χ1) is 12.8. The molecular formula is C17H20N4O5S. The van der Waals surface area contributed by atoms with Gasteiger partial charge in [-0.1, -0.05) is 12.1 Å². The molecule has 0 aliphatic rings. The zero-order valence-electron chi connectivity index (χ0n) is 14.8. The van der Waals surface area contributed by atoms with Gasteiger partial charge in [-0.15, -0.1) is 0 Å². The maximum Gasteiger partial charge on any atom is 0.264 e. The summed E-state index contributed by atoms with van der Waals surface area (Å²) in [6, 6.07) is 12.0. The highest BCUT2D eigenvalue weighted by atomic mass is 32.2. The molecule has 2 rings (SSSR count). The number of nitrogens with one attached hydrogen (secondary N) is 2. The van der Waals surface area contributed by atoms with Crippen molar-refractivity contribution >= 4 is 33.2 Å². The summed E-state index contributed by atoms with van der Waals surface area (Å²) in [6.45, 7) is 0.812. The number of ether oxygens (including phenoxy) is 1. The fourth-order valence-electron chi connectivity index (χ4n) is 2.35. The number of para-hydroxylation sites is 2. The summed E-state index contributed by atoms with van der Waals surface area (Å²) in [5, 5.41) is 2.56. The van der Waals surface area contributed by atoms with Crippen LogP contribution in [-0.4, -0.2) is 33.9 Å². The molecule has 0 saturated heterocycles. The first kappa shape index (κ1) is 20.2. The molecule has 2 aromatic rings. The third kappa shape index (κ3) is 4.74. The summed E-state index contributed by atoms with van der Waals surface area (Å²) in [6.07, 6.45) is 0. The number of hydrogen-bond acceptors (Lipinski definition) is 6. The molecule has 0 fully saturated rings. The number of amides is 2. The number of nitrogens with two attached hydrogens (primary N) is 1. The Morgan fingerprint density at radius 2 is 1.74 bits per heavy atom. The number of nitrogens with zero attached hydrogens (tertiary/aromatic N) is 1. The molecule has 0 atom stereocenters. The maximum absolute atomic E-state index is 13.1. The lowest BCUT2D eigenvalue weighted by molar-refractivity contribution is -0.119. The number of hydrogen-bond donors (Lipinski definition) is 3. The minimum Gasteiger partial charge on any atom is -0.495 e. The standard InChI is InChI=1S/C17H20N4O5S/c1-12(22)19-13-7-9-14(10-8-13)27(24,25)21(11-17(23)20-18)15-5-3-4-6-16(15)26-2/h3-10H,11,18H2,1-2H3,(H,19,22)(H,20,23). The summed E-state index contributed by atoms with van der Waals surface area (Å²) in [7, 11) is -2.72. The highest BCUT2D eigenvalue weighted by Gasteiger charge is 2.29. The Morgan fingerprint density at radius 3 is 2.30 bits per heavy atom. The van der Waals surface area contributed by atoms with Crippen LogP contribution in [0.4, 0.5) is 11.4 Å². The Balaban J connectivity index is 2.50. The van der Waals surface area contributed by atoms with Gasteiger partial charge in [0.05, 0.1) is 17.7 Å². The van der Waals surface area contributed by atoms with Gasteiger partial charge in [0.1, 0.15) is 12.3 Å². The molecule has 2 aromatic carbocycles. The van der Waals surface area contributed by atoms with E-state index < -0.39 is 22.5 Å². The number of anilines is 2. The minimum atomic E-state index is -4.11. The molecule has 0 spiro atoms. The Bertz CT molecular complexity index is 929. The summed E-state index contributed by atoms with van der Waals surface area (Å²) >= 11 is 0. The fraction of sp³-hybridized carbons (Fsp3) is 0.176. The molecule has 0 aliphatic carbocycles. The SMILES string of the molecule is COc1ccccc1N(CC(=O)NN)S(=O)(=O)c1ccc(NC(C)=O)cc1.